The van der Waals surface area contributed by atoms with Gasteiger partial charge >= 0.3 is 55.1 Å². The molecule has 0 saturated carbocycles. The van der Waals surface area contributed by atoms with E-state index in [1.165, 1.54) is 51.4 Å². The van der Waals surface area contributed by atoms with Crippen molar-refractivity contribution in [2.24, 2.45) is 0 Å². The fourth-order valence-electron chi connectivity index (χ4n) is 6.15. The van der Waals surface area contributed by atoms with Crippen LogP contribution in [-0.2, 0) is 44.5 Å². The molecule has 0 aliphatic carbocycles. The molecule has 0 spiro atoms. The van der Waals surface area contributed by atoms with Crippen molar-refractivity contribution in [3.63, 3.8) is 0 Å². The summed E-state index contributed by atoms with van der Waals surface area (Å²) < 4.78 is 31.5. The van der Waals surface area contributed by atoms with Crippen LogP contribution in [0.4, 0.5) is 0 Å². The Morgan fingerprint density at radius 1 is 0.298 bits per heavy atom. The molecule has 0 radical (unpaired) electrons. The molecule has 57 heavy (non-hydrogen) atoms. The first-order valence-electron chi connectivity index (χ1n) is 21.5. The van der Waals surface area contributed by atoms with Crippen LogP contribution < -0.4 is 56.9 Å². The van der Waals surface area contributed by atoms with Crippen LogP contribution in [0.1, 0.15) is 162 Å². The molecule has 4 aliphatic heterocycles. The third kappa shape index (κ3) is 27.2. The first-order chi connectivity index (χ1) is 25.0. The molecule has 0 aromatic heterocycles. The second-order valence-corrected chi connectivity index (χ2v) is 34.2. The van der Waals surface area contributed by atoms with Gasteiger partial charge in [0.25, 0.3) is 0 Å². The minimum absolute atomic E-state index is 0. The van der Waals surface area contributed by atoms with Crippen LogP contribution in [0.15, 0.2) is 0 Å². The van der Waals surface area contributed by atoms with E-state index in [0.717, 1.165) is 52.9 Å². The number of ether oxygens (including phenoxy) is 4. The van der Waals surface area contributed by atoms with E-state index in [1.54, 1.807) is 0 Å². The smallest absolute Gasteiger partial charge is 0.838 e. The monoisotopic (exact) mass is 907 g/mol. The van der Waals surface area contributed by atoms with Gasteiger partial charge < -0.3 is 46.4 Å². The molecule has 0 unspecified atom stereocenters. The van der Waals surface area contributed by atoms with Crippen molar-refractivity contribution in [3.05, 3.63) is 0 Å². The maximum Gasteiger partial charge on any atom is 2.00 e. The van der Waals surface area contributed by atoms with Crippen molar-refractivity contribution in [1.82, 2.24) is 0 Å². The van der Waals surface area contributed by atoms with Crippen molar-refractivity contribution in [2.75, 3.05) is 52.9 Å². The third-order valence-electron chi connectivity index (χ3n) is 10.4. The Bertz CT molecular complexity index is 694. The van der Waals surface area contributed by atoms with Crippen molar-refractivity contribution in [2.45, 2.75) is 206 Å². The van der Waals surface area contributed by atoms with Gasteiger partial charge in [-0.15, -0.1) is 0 Å². The average Bonchev–Trinajstić information content (AvgIpc) is 3.94. The summed E-state index contributed by atoms with van der Waals surface area (Å²) in [5.41, 5.74) is -0.438. The fourth-order valence-corrected chi connectivity index (χ4v) is 23.0. The molecule has 10 nitrogen and oxygen atoms in total. The van der Waals surface area contributed by atoms with Gasteiger partial charge in [0.2, 0.25) is 0 Å². The minimum Gasteiger partial charge on any atom is -0.838 e. The summed E-state index contributed by atoms with van der Waals surface area (Å²) in [5.74, 6) is 0. The molecule has 332 valence electrons. The summed E-state index contributed by atoms with van der Waals surface area (Å²) in [5, 5.41) is 0. The molecule has 4 aliphatic rings. The van der Waals surface area contributed by atoms with Gasteiger partial charge in [0.15, 0.2) is 0 Å². The predicted octanol–water partition coefficient (Wildman–Crippen LogP) is 1.69. The Kier molecular flexibility index (Phi) is 43.7. The topological polar surface area (TPSA) is 148 Å². The largest absolute Gasteiger partial charge is 2.00 e. The van der Waals surface area contributed by atoms with E-state index in [9.17, 15) is 19.2 Å². The normalized spacial score (nSPS) is 17.1. The van der Waals surface area contributed by atoms with Crippen LogP contribution in [-0.4, -0.2) is 87.1 Å². The average molecular weight is 907 g/mol. The second-order valence-electron chi connectivity index (χ2n) is 17.6. The molecule has 0 aromatic rings. The van der Waals surface area contributed by atoms with Gasteiger partial charge in [-0.1, -0.05) is 111 Å². The van der Waals surface area contributed by atoms with Gasteiger partial charge in [-0.3, -0.25) is 0 Å². The fraction of sp³-hybridized carbons (Fsp3) is 1.00. The molecule has 4 heterocycles. The van der Waals surface area contributed by atoms with Crippen molar-refractivity contribution < 1.29 is 101 Å². The molecule has 0 atom stereocenters. The summed E-state index contributed by atoms with van der Waals surface area (Å²) >= 11 is 0. The summed E-state index contributed by atoms with van der Waals surface area (Å²) in [6.07, 6.45) is 10.2. The van der Waals surface area contributed by atoms with E-state index < -0.39 is 34.2 Å². The molecular weight excluding hydrogens is 819 g/mol. The van der Waals surface area contributed by atoms with E-state index >= 15 is 0 Å². The maximum atomic E-state index is 12.9. The molecule has 17 heteroatoms. The number of hydrogen-bond donors (Lipinski definition) is 0. The standard InChI is InChI=1S/2C12H28O3Si2.4C4H8O.Cr.2Li/c2*1-9(2)16(13,10(3)4)15-17(14,11(5)6)12(7)8;4*1-2-4-5-3-1;;;/h2*9-12H,1-8H3;4*1-4H2;;;/q2*-2;;;;;+2;2*+1. The third-order valence-corrected chi connectivity index (χ3v) is 28.4. The molecule has 0 N–H and O–H groups in total. The summed E-state index contributed by atoms with van der Waals surface area (Å²) in [6, 6.07) is 0. The number of rotatable bonds is 12. The van der Waals surface area contributed by atoms with E-state index in [2.05, 4.69) is 0 Å². The van der Waals surface area contributed by atoms with Gasteiger partial charge in [-0.2, -0.15) is 0 Å². The molecule has 4 rings (SSSR count). The Labute approximate surface area is 392 Å². The Balaban J connectivity index is -0.000000205. The first-order valence-corrected chi connectivity index (χ1v) is 29.4. The van der Waals surface area contributed by atoms with Crippen LogP contribution in [0.5, 0.6) is 0 Å². The Morgan fingerprint density at radius 2 is 0.404 bits per heavy atom. The zero-order valence-electron chi connectivity index (χ0n) is 40.4. The zero-order valence-corrected chi connectivity index (χ0v) is 45.7. The van der Waals surface area contributed by atoms with Crippen LogP contribution in [0.2, 0.25) is 44.3 Å². The maximum absolute atomic E-state index is 12.9. The van der Waals surface area contributed by atoms with Crippen LogP contribution in [0.25, 0.3) is 0 Å². The van der Waals surface area contributed by atoms with Crippen LogP contribution in [0.3, 0.4) is 0 Å². The van der Waals surface area contributed by atoms with Crippen LogP contribution >= 0.6 is 0 Å². The van der Waals surface area contributed by atoms with E-state index in [0.29, 0.717) is 0 Å². The van der Waals surface area contributed by atoms with Crippen molar-refractivity contribution in [1.29, 1.82) is 0 Å². The van der Waals surface area contributed by atoms with Gasteiger partial charge in [0.1, 0.15) is 0 Å². The first kappa shape index (κ1) is 68.3. The van der Waals surface area contributed by atoms with Crippen molar-refractivity contribution >= 4 is 34.2 Å². The number of hydrogen-bond acceptors (Lipinski definition) is 10. The molecule has 0 amide bonds. The Hall–Kier alpha value is 2.19. The summed E-state index contributed by atoms with van der Waals surface area (Å²) in [6.45, 7) is 38.4. The Morgan fingerprint density at radius 3 is 0.456 bits per heavy atom. The second kappa shape index (κ2) is 36.5. The molecule has 0 bridgehead atoms. The van der Waals surface area contributed by atoms with Crippen molar-refractivity contribution in [3.8, 4) is 0 Å². The van der Waals surface area contributed by atoms with E-state index in [-0.39, 0.29) is 99.4 Å². The van der Waals surface area contributed by atoms with Gasteiger partial charge in [0, 0.05) is 52.9 Å². The molecular formula is C40H88CrLi2O10Si4. The van der Waals surface area contributed by atoms with Gasteiger partial charge in [-0.25, -0.2) is 0 Å². The van der Waals surface area contributed by atoms with Crippen LogP contribution in [0, 0.1) is 0 Å². The molecule has 4 fully saturated rings. The SMILES string of the molecule is C1CCOC1.C1CCOC1.C1CCOC1.C1CCOC1.CC(C)[Si]([O-])(O[Si]([O-])(C(C)C)C(C)C)C(C)C.CC(C)[Si]([O-])(O[Si]([O-])(C(C)C)C(C)C)C(C)C.[Cr+2].[Li+].[Li+]. The molecule has 0 aromatic carbocycles. The van der Waals surface area contributed by atoms with E-state index in [1.807, 2.05) is 111 Å². The van der Waals surface area contributed by atoms with Gasteiger partial charge in [-0.05, 0) is 95.7 Å². The van der Waals surface area contributed by atoms with Gasteiger partial charge in [0.05, 0.1) is 34.2 Å². The zero-order chi connectivity index (χ0) is 42.2. The molecule has 4 saturated heterocycles. The quantitative estimate of drug-likeness (QED) is 0.265. The summed E-state index contributed by atoms with van der Waals surface area (Å²) in [4.78, 5) is 51.5. The summed E-state index contributed by atoms with van der Waals surface area (Å²) in [7, 11) is -12.7. The minimum atomic E-state index is -3.17. The predicted molar refractivity (Wildman–Crippen MR) is 226 cm³/mol. The van der Waals surface area contributed by atoms with E-state index in [4.69, 9.17) is 27.2 Å².